The fraction of sp³-hybridized carbons (Fsp3) is 0.875. The molecule has 0 saturated heterocycles. The molecule has 0 aromatic carbocycles. The summed E-state index contributed by atoms with van der Waals surface area (Å²) in [5.74, 6) is -1.43. The van der Waals surface area contributed by atoms with Gasteiger partial charge in [0.1, 0.15) is 24.4 Å². The summed E-state index contributed by atoms with van der Waals surface area (Å²) in [6.45, 7) is 1.36. The average Bonchev–Trinajstić information content (AvgIpc) is 2.56. The van der Waals surface area contributed by atoms with Crippen molar-refractivity contribution < 1.29 is 30.0 Å². The van der Waals surface area contributed by atoms with Crippen LogP contribution in [0.2, 0.25) is 0 Å². The van der Waals surface area contributed by atoms with Crippen LogP contribution in [-0.4, -0.2) is 70.0 Å². The highest BCUT2D eigenvalue weighted by molar-refractivity contribution is 6.39. The molecular formula is C16H31NO6. The number of rotatable bonds is 14. The molecule has 7 nitrogen and oxygen atoms in total. The quantitative estimate of drug-likeness (QED) is 0.215. The van der Waals surface area contributed by atoms with E-state index in [0.717, 1.165) is 32.1 Å². The van der Waals surface area contributed by atoms with Crippen molar-refractivity contribution in [3.63, 3.8) is 0 Å². The van der Waals surface area contributed by atoms with Gasteiger partial charge in [0.2, 0.25) is 5.78 Å². The van der Waals surface area contributed by atoms with Crippen LogP contribution in [0.25, 0.3) is 0 Å². The summed E-state index contributed by atoms with van der Waals surface area (Å²) < 4.78 is 0. The number of hydrogen-bond donors (Lipinski definition) is 5. The number of likely N-dealkylation sites (N-methyl/N-ethyl adjacent to an activating group) is 1. The fourth-order valence-corrected chi connectivity index (χ4v) is 2.35. The Bertz CT molecular complexity index is 349. The number of carbonyl (C=O) groups excluding carboxylic acids is 2. The van der Waals surface area contributed by atoms with Gasteiger partial charge in [0.05, 0.1) is 6.61 Å². The van der Waals surface area contributed by atoms with Crippen LogP contribution < -0.4 is 5.32 Å². The van der Waals surface area contributed by atoms with E-state index in [-0.39, 0.29) is 6.42 Å². The third-order valence-electron chi connectivity index (χ3n) is 3.90. The van der Waals surface area contributed by atoms with Crippen LogP contribution >= 0.6 is 0 Å². The molecular weight excluding hydrogens is 302 g/mol. The van der Waals surface area contributed by atoms with Crippen molar-refractivity contribution in [2.75, 3.05) is 13.7 Å². The van der Waals surface area contributed by atoms with Crippen molar-refractivity contribution in [3.05, 3.63) is 0 Å². The first kappa shape index (κ1) is 22.1. The molecule has 1 unspecified atom stereocenters. The predicted molar refractivity (Wildman–Crippen MR) is 86.0 cm³/mol. The largest absolute Gasteiger partial charge is 0.394 e. The molecule has 0 rings (SSSR count). The lowest BCUT2D eigenvalue weighted by molar-refractivity contribution is -0.143. The minimum absolute atomic E-state index is 0.106. The Balaban J connectivity index is 4.38. The van der Waals surface area contributed by atoms with Crippen LogP contribution in [0, 0.1) is 0 Å². The summed E-state index contributed by atoms with van der Waals surface area (Å²) >= 11 is 0. The SMILES string of the molecule is CCCCCCCCC(=O)C(=O)[C@H](NC)[C@@H](O)[C@H](O)C(O)CO. The number of carbonyl (C=O) groups is 2. The topological polar surface area (TPSA) is 127 Å². The second-order valence-corrected chi connectivity index (χ2v) is 5.80. The molecule has 0 aliphatic carbocycles. The molecule has 0 heterocycles. The molecule has 0 spiro atoms. The molecule has 0 amide bonds. The van der Waals surface area contributed by atoms with Gasteiger partial charge in [-0.15, -0.1) is 0 Å². The predicted octanol–water partition coefficient (Wildman–Crippen LogP) is -0.462. The molecule has 0 aliphatic heterocycles. The molecule has 0 aliphatic rings. The third-order valence-corrected chi connectivity index (χ3v) is 3.90. The summed E-state index contributed by atoms with van der Waals surface area (Å²) in [6, 6.07) is -1.31. The Morgan fingerprint density at radius 3 is 2.04 bits per heavy atom. The van der Waals surface area contributed by atoms with Crippen molar-refractivity contribution in [2.24, 2.45) is 0 Å². The van der Waals surface area contributed by atoms with Crippen LogP contribution in [0.15, 0.2) is 0 Å². The highest BCUT2D eigenvalue weighted by Gasteiger charge is 2.36. The summed E-state index contributed by atoms with van der Waals surface area (Å²) in [4.78, 5) is 24.0. The Hall–Kier alpha value is -0.860. The lowest BCUT2D eigenvalue weighted by atomic mass is 9.94. The lowest BCUT2D eigenvalue weighted by Crippen LogP contribution is -2.55. The van der Waals surface area contributed by atoms with Gasteiger partial charge in [-0.3, -0.25) is 9.59 Å². The maximum Gasteiger partial charge on any atom is 0.217 e. The lowest BCUT2D eigenvalue weighted by Gasteiger charge is -2.27. The Morgan fingerprint density at radius 2 is 1.52 bits per heavy atom. The van der Waals surface area contributed by atoms with E-state index in [2.05, 4.69) is 12.2 Å². The van der Waals surface area contributed by atoms with Gasteiger partial charge < -0.3 is 25.7 Å². The van der Waals surface area contributed by atoms with Gasteiger partial charge >= 0.3 is 0 Å². The maximum atomic E-state index is 12.1. The molecule has 5 N–H and O–H groups in total. The molecule has 7 heteroatoms. The van der Waals surface area contributed by atoms with Crippen LogP contribution in [0.1, 0.15) is 51.9 Å². The summed E-state index contributed by atoms with van der Waals surface area (Å²) in [6.07, 6.45) is 1.05. The van der Waals surface area contributed by atoms with E-state index in [4.69, 9.17) is 5.11 Å². The second-order valence-electron chi connectivity index (χ2n) is 5.80. The van der Waals surface area contributed by atoms with Crippen LogP contribution in [0.3, 0.4) is 0 Å². The number of unbranched alkanes of at least 4 members (excludes halogenated alkanes) is 5. The zero-order chi connectivity index (χ0) is 17.8. The van der Waals surface area contributed by atoms with E-state index in [9.17, 15) is 24.9 Å². The molecule has 0 aromatic rings. The van der Waals surface area contributed by atoms with Crippen molar-refractivity contribution >= 4 is 11.6 Å². The molecule has 136 valence electrons. The smallest absolute Gasteiger partial charge is 0.217 e. The monoisotopic (exact) mass is 333 g/mol. The van der Waals surface area contributed by atoms with Crippen molar-refractivity contribution in [2.45, 2.75) is 76.2 Å². The normalized spacial score (nSPS) is 16.6. The Morgan fingerprint density at radius 1 is 0.957 bits per heavy atom. The molecule has 23 heavy (non-hydrogen) atoms. The van der Waals surface area contributed by atoms with Crippen molar-refractivity contribution in [3.8, 4) is 0 Å². The van der Waals surface area contributed by atoms with E-state index in [1.807, 2.05) is 0 Å². The number of aliphatic hydroxyl groups is 4. The first-order valence-electron chi connectivity index (χ1n) is 8.30. The molecule has 0 aromatic heterocycles. The molecule has 0 fully saturated rings. The number of aliphatic hydroxyl groups excluding tert-OH is 4. The van der Waals surface area contributed by atoms with E-state index in [0.29, 0.717) is 6.42 Å². The maximum absolute atomic E-state index is 12.1. The minimum atomic E-state index is -1.72. The van der Waals surface area contributed by atoms with Gasteiger partial charge in [-0.05, 0) is 13.5 Å². The molecule has 0 bridgehead atoms. The first-order valence-corrected chi connectivity index (χ1v) is 8.30. The minimum Gasteiger partial charge on any atom is -0.394 e. The highest BCUT2D eigenvalue weighted by Crippen LogP contribution is 2.10. The number of nitrogens with one attached hydrogen (secondary N) is 1. The number of Topliss-reactive ketones (excluding diaryl/α,β-unsaturated/α-hetero) is 2. The van der Waals surface area contributed by atoms with E-state index in [1.54, 1.807) is 0 Å². The van der Waals surface area contributed by atoms with Crippen molar-refractivity contribution in [1.29, 1.82) is 0 Å². The fourth-order valence-electron chi connectivity index (χ4n) is 2.35. The third kappa shape index (κ3) is 7.99. The zero-order valence-corrected chi connectivity index (χ0v) is 14.1. The van der Waals surface area contributed by atoms with Gasteiger partial charge in [0.15, 0.2) is 5.78 Å². The van der Waals surface area contributed by atoms with Gasteiger partial charge in [-0.25, -0.2) is 0 Å². The summed E-state index contributed by atoms with van der Waals surface area (Å²) in [7, 11) is 1.38. The zero-order valence-electron chi connectivity index (χ0n) is 14.1. The van der Waals surface area contributed by atoms with Gasteiger partial charge in [0.25, 0.3) is 0 Å². The molecule has 0 saturated carbocycles. The van der Waals surface area contributed by atoms with Gasteiger partial charge in [-0.1, -0.05) is 39.0 Å². The standard InChI is InChI=1S/C16H31NO6/c1-3-4-5-6-7-8-9-11(19)14(21)13(17-2)16(23)15(22)12(20)10-18/h12-13,15-18,20,22-23H,3-10H2,1-2H3/t12?,13-,15+,16+/m0/s1. The summed E-state index contributed by atoms with van der Waals surface area (Å²) in [5.41, 5.74) is 0. The van der Waals surface area contributed by atoms with Crippen molar-refractivity contribution in [1.82, 2.24) is 5.32 Å². The Kier molecular flexibility index (Phi) is 12.1. The van der Waals surface area contributed by atoms with Crippen LogP contribution in [-0.2, 0) is 9.59 Å². The van der Waals surface area contributed by atoms with Gasteiger partial charge in [0, 0.05) is 6.42 Å². The van der Waals surface area contributed by atoms with E-state index >= 15 is 0 Å². The first-order chi connectivity index (χ1) is 10.9. The Labute approximate surface area is 137 Å². The van der Waals surface area contributed by atoms with E-state index < -0.39 is 42.5 Å². The number of ketones is 2. The van der Waals surface area contributed by atoms with E-state index in [1.165, 1.54) is 7.05 Å². The molecule has 4 atom stereocenters. The highest BCUT2D eigenvalue weighted by atomic mass is 16.4. The summed E-state index contributed by atoms with van der Waals surface area (Å²) in [5, 5.41) is 40.1. The number of hydrogen-bond acceptors (Lipinski definition) is 7. The van der Waals surface area contributed by atoms with Crippen LogP contribution in [0.4, 0.5) is 0 Å². The molecule has 0 radical (unpaired) electrons. The second kappa shape index (κ2) is 12.5. The van der Waals surface area contributed by atoms with Gasteiger partial charge in [-0.2, -0.15) is 0 Å². The average molecular weight is 333 g/mol. The van der Waals surface area contributed by atoms with Crippen LogP contribution in [0.5, 0.6) is 0 Å².